The Kier molecular flexibility index (Phi) is 7.23. The number of carbonyl (C=O) groups is 2. The van der Waals surface area contributed by atoms with Crippen LogP contribution in [0.2, 0.25) is 0 Å². The second-order valence-electron chi connectivity index (χ2n) is 5.26. The van der Waals surface area contributed by atoms with E-state index in [1.54, 1.807) is 4.90 Å². The lowest BCUT2D eigenvalue weighted by Crippen LogP contribution is -2.33. The van der Waals surface area contributed by atoms with Gasteiger partial charge in [0, 0.05) is 33.0 Å². The van der Waals surface area contributed by atoms with Crippen LogP contribution in [0, 0.1) is 0 Å². The third-order valence-corrected chi connectivity index (χ3v) is 3.08. The molecule has 4 nitrogen and oxygen atoms in total. The quantitative estimate of drug-likeness (QED) is 0.784. The number of hydrogen-bond donors (Lipinski definition) is 1. The molecule has 0 aromatic heterocycles. The summed E-state index contributed by atoms with van der Waals surface area (Å²) in [6.07, 6.45) is 2.29. The molecule has 114 valence electrons. The molecule has 1 N–H and O–H groups in total. The Morgan fingerprint density at radius 3 is 2.38 bits per heavy atom. The van der Waals surface area contributed by atoms with E-state index in [0.717, 1.165) is 5.56 Å². The molecule has 1 aromatic carbocycles. The van der Waals surface area contributed by atoms with E-state index < -0.39 is 0 Å². The zero-order valence-electron chi connectivity index (χ0n) is 13.1. The topological polar surface area (TPSA) is 49.4 Å². The van der Waals surface area contributed by atoms with Gasteiger partial charge in [0.1, 0.15) is 0 Å². The summed E-state index contributed by atoms with van der Waals surface area (Å²) in [5.41, 5.74) is 2.24. The molecule has 0 bridgehead atoms. The lowest BCUT2D eigenvalue weighted by Gasteiger charge is -2.20. The second-order valence-corrected chi connectivity index (χ2v) is 5.26. The van der Waals surface area contributed by atoms with Gasteiger partial charge in [-0.2, -0.15) is 0 Å². The normalized spacial score (nSPS) is 9.86. The zero-order valence-corrected chi connectivity index (χ0v) is 13.1. The van der Waals surface area contributed by atoms with E-state index in [4.69, 9.17) is 0 Å². The van der Waals surface area contributed by atoms with Crippen LogP contribution in [-0.4, -0.2) is 29.8 Å². The molecule has 1 rings (SSSR count). The van der Waals surface area contributed by atoms with Crippen molar-refractivity contribution in [2.24, 2.45) is 0 Å². The van der Waals surface area contributed by atoms with Crippen molar-refractivity contribution in [3.05, 3.63) is 47.5 Å². The molecule has 1 aromatic rings. The molecule has 0 heterocycles. The van der Waals surface area contributed by atoms with Crippen molar-refractivity contribution in [1.29, 1.82) is 0 Å². The van der Waals surface area contributed by atoms with Crippen LogP contribution in [0.25, 0.3) is 0 Å². The standard InChI is InChI=1S/C17H24N2O2/c1-14(2)9-11-18-17(21)10-12-19(15(3)20)13-16-7-5-4-6-8-16/h4-9H,10-13H2,1-3H3,(H,18,21). The number of hydrogen-bond acceptors (Lipinski definition) is 2. The van der Waals surface area contributed by atoms with E-state index in [-0.39, 0.29) is 11.8 Å². The van der Waals surface area contributed by atoms with E-state index in [1.165, 1.54) is 12.5 Å². The van der Waals surface area contributed by atoms with Crippen molar-refractivity contribution >= 4 is 11.8 Å². The average Bonchev–Trinajstić information content (AvgIpc) is 2.43. The van der Waals surface area contributed by atoms with Crippen molar-refractivity contribution < 1.29 is 9.59 Å². The number of carbonyl (C=O) groups excluding carboxylic acids is 2. The summed E-state index contributed by atoms with van der Waals surface area (Å²) in [7, 11) is 0. The Morgan fingerprint density at radius 1 is 1.14 bits per heavy atom. The van der Waals surface area contributed by atoms with Crippen molar-refractivity contribution in [3.63, 3.8) is 0 Å². The van der Waals surface area contributed by atoms with E-state index in [9.17, 15) is 9.59 Å². The molecular formula is C17H24N2O2. The van der Waals surface area contributed by atoms with Gasteiger partial charge in [-0.3, -0.25) is 9.59 Å². The fourth-order valence-electron chi connectivity index (χ4n) is 1.85. The van der Waals surface area contributed by atoms with Gasteiger partial charge < -0.3 is 10.2 Å². The maximum atomic E-state index is 11.7. The maximum absolute atomic E-state index is 11.7. The molecule has 0 spiro atoms. The van der Waals surface area contributed by atoms with Gasteiger partial charge >= 0.3 is 0 Å². The smallest absolute Gasteiger partial charge is 0.222 e. The summed E-state index contributed by atoms with van der Waals surface area (Å²) in [6, 6.07) is 9.79. The summed E-state index contributed by atoms with van der Waals surface area (Å²) in [5, 5.41) is 2.82. The fraction of sp³-hybridized carbons (Fsp3) is 0.412. The highest BCUT2D eigenvalue weighted by molar-refractivity contribution is 5.78. The molecule has 0 aliphatic carbocycles. The Balaban J connectivity index is 2.43. The van der Waals surface area contributed by atoms with E-state index in [0.29, 0.717) is 26.1 Å². The highest BCUT2D eigenvalue weighted by Crippen LogP contribution is 2.05. The minimum absolute atomic E-state index is 0.0176. The maximum Gasteiger partial charge on any atom is 0.222 e. The van der Waals surface area contributed by atoms with E-state index >= 15 is 0 Å². The number of allylic oxidation sites excluding steroid dienone is 1. The van der Waals surface area contributed by atoms with Crippen molar-refractivity contribution in [1.82, 2.24) is 10.2 Å². The number of nitrogens with one attached hydrogen (secondary N) is 1. The summed E-state index contributed by atoms with van der Waals surface area (Å²) in [5.74, 6) is -0.0530. The number of nitrogens with zero attached hydrogens (tertiary/aromatic N) is 1. The summed E-state index contributed by atoms with van der Waals surface area (Å²) < 4.78 is 0. The van der Waals surface area contributed by atoms with Gasteiger partial charge in [0.25, 0.3) is 0 Å². The van der Waals surface area contributed by atoms with Crippen LogP contribution in [0.1, 0.15) is 32.8 Å². The molecule has 0 saturated carbocycles. The summed E-state index contributed by atoms with van der Waals surface area (Å²) in [6.45, 7) is 7.03. The van der Waals surface area contributed by atoms with Gasteiger partial charge in [0.2, 0.25) is 11.8 Å². The Bertz CT molecular complexity index is 491. The molecule has 2 amide bonds. The van der Waals surface area contributed by atoms with Gasteiger partial charge in [-0.1, -0.05) is 42.0 Å². The van der Waals surface area contributed by atoms with Crippen LogP contribution in [0.15, 0.2) is 42.0 Å². The lowest BCUT2D eigenvalue weighted by atomic mass is 10.2. The minimum atomic E-state index is -0.0354. The van der Waals surface area contributed by atoms with E-state index in [2.05, 4.69) is 5.32 Å². The number of benzene rings is 1. The molecule has 0 aliphatic heterocycles. The fourth-order valence-corrected chi connectivity index (χ4v) is 1.85. The first-order chi connectivity index (χ1) is 9.99. The molecule has 0 aliphatic rings. The van der Waals surface area contributed by atoms with Crippen LogP contribution in [0.5, 0.6) is 0 Å². The van der Waals surface area contributed by atoms with Crippen LogP contribution in [0.3, 0.4) is 0 Å². The minimum Gasteiger partial charge on any atom is -0.353 e. The summed E-state index contributed by atoms with van der Waals surface area (Å²) >= 11 is 0. The van der Waals surface area contributed by atoms with Crippen LogP contribution < -0.4 is 5.32 Å². The highest BCUT2D eigenvalue weighted by atomic mass is 16.2. The highest BCUT2D eigenvalue weighted by Gasteiger charge is 2.11. The van der Waals surface area contributed by atoms with Crippen molar-refractivity contribution in [2.45, 2.75) is 33.7 Å². The van der Waals surface area contributed by atoms with Crippen LogP contribution >= 0.6 is 0 Å². The molecular weight excluding hydrogens is 264 g/mol. The molecule has 0 radical (unpaired) electrons. The SMILES string of the molecule is CC(=O)N(CCC(=O)NCC=C(C)C)Cc1ccccc1. The average molecular weight is 288 g/mol. The first kappa shape index (κ1) is 17.0. The first-order valence-corrected chi connectivity index (χ1v) is 7.18. The van der Waals surface area contributed by atoms with Crippen molar-refractivity contribution in [2.75, 3.05) is 13.1 Å². The molecule has 0 atom stereocenters. The van der Waals surface area contributed by atoms with Gasteiger partial charge in [0.05, 0.1) is 0 Å². The van der Waals surface area contributed by atoms with Crippen molar-refractivity contribution in [3.8, 4) is 0 Å². The first-order valence-electron chi connectivity index (χ1n) is 7.18. The molecule has 4 heteroatoms. The van der Waals surface area contributed by atoms with Gasteiger partial charge in [-0.05, 0) is 19.4 Å². The number of rotatable bonds is 7. The Hall–Kier alpha value is -2.10. The molecule has 0 saturated heterocycles. The molecule has 21 heavy (non-hydrogen) atoms. The zero-order chi connectivity index (χ0) is 15.7. The summed E-state index contributed by atoms with van der Waals surface area (Å²) in [4.78, 5) is 25.1. The van der Waals surface area contributed by atoms with Crippen LogP contribution in [0.4, 0.5) is 0 Å². The Labute approximate surface area is 126 Å². The Morgan fingerprint density at radius 2 is 1.81 bits per heavy atom. The third kappa shape index (κ3) is 7.30. The van der Waals surface area contributed by atoms with Gasteiger partial charge in [0.15, 0.2) is 0 Å². The number of amides is 2. The second kappa shape index (κ2) is 8.95. The molecule has 0 fully saturated rings. The monoisotopic (exact) mass is 288 g/mol. The predicted octanol–water partition coefficient (Wildman–Crippen LogP) is 2.51. The third-order valence-electron chi connectivity index (χ3n) is 3.08. The van der Waals surface area contributed by atoms with E-state index in [1.807, 2.05) is 50.3 Å². The molecule has 0 unspecified atom stereocenters. The largest absolute Gasteiger partial charge is 0.353 e. The lowest BCUT2D eigenvalue weighted by molar-refractivity contribution is -0.130. The van der Waals surface area contributed by atoms with Gasteiger partial charge in [-0.15, -0.1) is 0 Å². The van der Waals surface area contributed by atoms with Gasteiger partial charge in [-0.25, -0.2) is 0 Å². The predicted molar refractivity (Wildman–Crippen MR) is 84.6 cm³/mol. The van der Waals surface area contributed by atoms with Crippen LogP contribution in [-0.2, 0) is 16.1 Å².